The van der Waals surface area contributed by atoms with E-state index in [1.807, 2.05) is 38.1 Å². The Kier molecular flexibility index (Phi) is 4.07. The van der Waals surface area contributed by atoms with E-state index in [2.05, 4.69) is 21.2 Å². The molecule has 1 aromatic carbocycles. The predicted molar refractivity (Wildman–Crippen MR) is 84.2 cm³/mol. The van der Waals surface area contributed by atoms with E-state index in [4.69, 9.17) is 16.7 Å². The van der Waals surface area contributed by atoms with Crippen molar-refractivity contribution in [2.24, 2.45) is 0 Å². The van der Waals surface area contributed by atoms with Gasteiger partial charge >= 0.3 is 7.52 Å². The summed E-state index contributed by atoms with van der Waals surface area (Å²) < 4.78 is 21.2. The summed E-state index contributed by atoms with van der Waals surface area (Å²) in [5.41, 5.74) is 0.888. The summed E-state index contributed by atoms with van der Waals surface area (Å²) >= 11 is 8.68. The second-order valence-corrected chi connectivity index (χ2v) is 8.51. The molecule has 2 atom stereocenters. The van der Waals surface area contributed by atoms with Crippen LogP contribution in [0.25, 0.3) is 0 Å². The molecule has 2 unspecified atom stereocenters. The largest absolute Gasteiger partial charge is 0.343 e. The van der Waals surface area contributed by atoms with Crippen molar-refractivity contribution < 1.29 is 9.09 Å². The summed E-state index contributed by atoms with van der Waals surface area (Å²) in [6.07, 6.45) is 0. The number of hydrogen-bond acceptors (Lipinski definition) is 3. The molecule has 2 rings (SSSR count). The van der Waals surface area contributed by atoms with Crippen molar-refractivity contribution >= 4 is 40.8 Å². The highest BCUT2D eigenvalue weighted by atomic mass is 79.9. The van der Waals surface area contributed by atoms with Crippen LogP contribution in [0.1, 0.15) is 19.4 Å². The molecule has 19 heavy (non-hydrogen) atoms. The monoisotopic (exact) mass is 362 g/mol. The van der Waals surface area contributed by atoms with Crippen molar-refractivity contribution in [3.63, 3.8) is 0 Å². The summed E-state index contributed by atoms with van der Waals surface area (Å²) in [5, 5.41) is 2.81. The van der Waals surface area contributed by atoms with E-state index in [9.17, 15) is 4.57 Å². The van der Waals surface area contributed by atoms with Crippen LogP contribution in [0.4, 0.5) is 0 Å². The zero-order chi connectivity index (χ0) is 14.3. The van der Waals surface area contributed by atoms with Crippen LogP contribution in [0.15, 0.2) is 28.7 Å². The van der Waals surface area contributed by atoms with Gasteiger partial charge in [0.1, 0.15) is 0 Å². The van der Waals surface area contributed by atoms with Gasteiger partial charge in [0.2, 0.25) is 0 Å². The molecular weight excluding hydrogens is 347 g/mol. The van der Waals surface area contributed by atoms with Gasteiger partial charge in [-0.2, -0.15) is 0 Å². The Morgan fingerprint density at radius 1 is 1.47 bits per heavy atom. The maximum atomic E-state index is 13.2. The lowest BCUT2D eigenvalue weighted by molar-refractivity contribution is 0.335. The minimum atomic E-state index is -3.11. The van der Waals surface area contributed by atoms with Gasteiger partial charge in [-0.15, -0.1) is 0 Å². The van der Waals surface area contributed by atoms with Crippen LogP contribution in [-0.2, 0) is 14.4 Å². The topological polar surface area (TPSA) is 41.6 Å². The van der Waals surface area contributed by atoms with E-state index in [1.54, 1.807) is 4.67 Å². The predicted octanol–water partition coefficient (Wildman–Crippen LogP) is 3.67. The number of hydrogen-bond donors (Lipinski definition) is 1. The minimum absolute atomic E-state index is 0.470. The van der Waals surface area contributed by atoms with Gasteiger partial charge in [0, 0.05) is 18.1 Å². The van der Waals surface area contributed by atoms with Crippen molar-refractivity contribution in [2.45, 2.75) is 19.1 Å². The molecule has 1 saturated heterocycles. The van der Waals surface area contributed by atoms with Crippen molar-refractivity contribution in [3.05, 3.63) is 34.3 Å². The summed E-state index contributed by atoms with van der Waals surface area (Å²) in [5.74, 6) is 0. The molecule has 4 nitrogen and oxygen atoms in total. The summed E-state index contributed by atoms with van der Waals surface area (Å²) in [6, 6.07) is 7.68. The molecule has 0 amide bonds. The number of halogens is 1. The first kappa shape index (κ1) is 15.0. The molecule has 0 bridgehead atoms. The average Bonchev–Trinajstić information content (AvgIpc) is 2.58. The third-order valence-corrected chi connectivity index (χ3v) is 7.52. The first-order valence-electron chi connectivity index (χ1n) is 5.91. The Labute approximate surface area is 127 Å². The lowest BCUT2D eigenvalue weighted by atomic mass is 10.1. The number of benzene rings is 1. The highest BCUT2D eigenvalue weighted by molar-refractivity contribution is 9.10. The zero-order valence-corrected chi connectivity index (χ0v) is 14.3. The second kappa shape index (κ2) is 5.17. The fourth-order valence-electron chi connectivity index (χ4n) is 2.33. The third kappa shape index (κ3) is 2.15. The highest BCUT2D eigenvalue weighted by Crippen LogP contribution is 2.67. The van der Waals surface area contributed by atoms with Crippen molar-refractivity contribution in [1.82, 2.24) is 9.99 Å². The maximum absolute atomic E-state index is 13.2. The van der Waals surface area contributed by atoms with Gasteiger partial charge in [-0.1, -0.05) is 28.1 Å². The van der Waals surface area contributed by atoms with Crippen molar-refractivity contribution in [3.8, 4) is 0 Å². The molecule has 1 aromatic rings. The molecule has 0 radical (unpaired) electrons. The Hall–Kier alpha value is -0.420. The molecule has 1 aliphatic rings. The smallest absolute Gasteiger partial charge is 0.327 e. The van der Waals surface area contributed by atoms with Gasteiger partial charge < -0.3 is 9.84 Å². The molecule has 1 fully saturated rings. The van der Waals surface area contributed by atoms with E-state index in [1.165, 1.54) is 7.11 Å². The molecule has 0 saturated carbocycles. The van der Waals surface area contributed by atoms with Gasteiger partial charge in [-0.25, -0.2) is 0 Å². The van der Waals surface area contributed by atoms with Crippen LogP contribution >= 0.6 is 35.7 Å². The number of rotatable bonds is 3. The van der Waals surface area contributed by atoms with E-state index in [-0.39, 0.29) is 0 Å². The first-order chi connectivity index (χ1) is 8.89. The van der Waals surface area contributed by atoms with E-state index >= 15 is 0 Å². The van der Waals surface area contributed by atoms with Gasteiger partial charge in [0.05, 0.1) is 0 Å². The Morgan fingerprint density at radius 3 is 2.53 bits per heavy atom. The molecule has 1 N–H and O–H groups in total. The molecule has 104 valence electrons. The van der Waals surface area contributed by atoms with Crippen LogP contribution in [0.2, 0.25) is 0 Å². The third-order valence-electron chi connectivity index (χ3n) is 3.42. The Morgan fingerprint density at radius 2 is 2.05 bits per heavy atom. The highest BCUT2D eigenvalue weighted by Gasteiger charge is 2.57. The zero-order valence-electron chi connectivity index (χ0n) is 11.0. The van der Waals surface area contributed by atoms with Crippen LogP contribution in [0.3, 0.4) is 0 Å². The van der Waals surface area contributed by atoms with E-state index in [0.29, 0.717) is 11.7 Å². The molecule has 0 aromatic heterocycles. The van der Waals surface area contributed by atoms with Gasteiger partial charge in [-0.3, -0.25) is 9.24 Å². The van der Waals surface area contributed by atoms with Crippen LogP contribution in [0.5, 0.6) is 0 Å². The Balaban J connectivity index is 2.56. The van der Waals surface area contributed by atoms with Crippen LogP contribution < -0.4 is 5.32 Å². The molecule has 1 heterocycles. The van der Waals surface area contributed by atoms with E-state index in [0.717, 1.165) is 10.0 Å². The number of nitrogens with one attached hydrogen (secondary N) is 1. The fourth-order valence-corrected chi connectivity index (χ4v) is 5.75. The fraction of sp³-hybridized carbons (Fsp3) is 0.417. The molecule has 0 aliphatic carbocycles. The molecule has 0 spiro atoms. The lowest BCUT2D eigenvalue weighted by Gasteiger charge is -2.32. The van der Waals surface area contributed by atoms with Crippen LogP contribution in [-0.4, -0.2) is 23.4 Å². The standard InChI is InChI=1S/C12H16BrN2O2PS/c1-4-15-11(19)14-12(2,18(15,16)17-3)9-5-7-10(13)8-6-9/h5-8H,4H2,1-3H3,(H,14,19). The second-order valence-electron chi connectivity index (χ2n) is 4.43. The number of nitrogens with zero attached hydrogens (tertiary/aromatic N) is 1. The average molecular weight is 363 g/mol. The van der Waals surface area contributed by atoms with E-state index < -0.39 is 12.8 Å². The van der Waals surface area contributed by atoms with Gasteiger partial charge in [-0.05, 0) is 43.8 Å². The molecule has 7 heteroatoms. The van der Waals surface area contributed by atoms with Gasteiger partial charge in [0.25, 0.3) is 0 Å². The van der Waals surface area contributed by atoms with Crippen molar-refractivity contribution in [2.75, 3.05) is 13.7 Å². The lowest BCUT2D eigenvalue weighted by Crippen LogP contribution is -2.35. The molecule has 1 aliphatic heterocycles. The van der Waals surface area contributed by atoms with Crippen molar-refractivity contribution in [1.29, 1.82) is 0 Å². The summed E-state index contributed by atoms with van der Waals surface area (Å²) in [6.45, 7) is 4.32. The van der Waals surface area contributed by atoms with Crippen LogP contribution in [0, 0.1) is 0 Å². The van der Waals surface area contributed by atoms with Gasteiger partial charge in [0.15, 0.2) is 10.4 Å². The number of thiocarbonyl (C=S) groups is 1. The Bertz CT molecular complexity index is 551. The summed E-state index contributed by atoms with van der Waals surface area (Å²) in [4.78, 5) is 0. The quantitative estimate of drug-likeness (QED) is 0.656. The minimum Gasteiger partial charge on any atom is -0.343 e. The first-order valence-corrected chi connectivity index (χ1v) is 8.69. The maximum Gasteiger partial charge on any atom is 0.327 e. The summed E-state index contributed by atoms with van der Waals surface area (Å²) in [7, 11) is -1.64. The SMILES string of the molecule is CCN1C(=S)NC(C)(c2ccc(Br)cc2)P1(=O)OC. The molecular formula is C12H16BrN2O2PS. The normalized spacial score (nSPS) is 30.5.